The Morgan fingerprint density at radius 1 is 0.864 bits per heavy atom. The number of rotatable bonds is 7. The van der Waals surface area contributed by atoms with Gasteiger partial charge < -0.3 is 44.1 Å². The number of nitrogens with zero attached hydrogens (tertiary/aromatic N) is 5. The lowest BCUT2D eigenvalue weighted by Crippen LogP contribution is -2.38. The third kappa shape index (κ3) is 6.44. The van der Waals surface area contributed by atoms with E-state index in [4.69, 9.17) is 23.9 Å². The molecule has 13 nitrogen and oxygen atoms in total. The van der Waals surface area contributed by atoms with Gasteiger partial charge in [0.25, 0.3) is 0 Å². The second kappa shape index (κ2) is 12.5. The first kappa shape index (κ1) is 29.4. The van der Waals surface area contributed by atoms with E-state index in [1.165, 1.54) is 6.07 Å². The molecule has 13 heteroatoms. The second-order valence-electron chi connectivity index (χ2n) is 10.6. The first-order valence-electron chi connectivity index (χ1n) is 14.4. The van der Waals surface area contributed by atoms with Gasteiger partial charge in [-0.3, -0.25) is 0 Å². The average Bonchev–Trinajstić information content (AvgIpc) is 3.18. The molecule has 44 heavy (non-hydrogen) atoms. The number of anilines is 6. The van der Waals surface area contributed by atoms with Crippen LogP contribution >= 0.6 is 0 Å². The van der Waals surface area contributed by atoms with Gasteiger partial charge in [0.15, 0.2) is 0 Å². The highest BCUT2D eigenvalue weighted by atomic mass is 16.8. The number of aryl methyl sites for hydroxylation is 1. The fourth-order valence-electron chi connectivity index (χ4n) is 5.31. The van der Waals surface area contributed by atoms with Crippen LogP contribution in [0.2, 0.25) is 0 Å². The molecule has 2 N–H and O–H groups in total. The summed E-state index contributed by atoms with van der Waals surface area (Å²) < 4.78 is 21.2. The normalized spacial score (nSPS) is 18.3. The lowest BCUT2D eigenvalue weighted by molar-refractivity contribution is -0.330. The number of morpholine rings is 2. The fourth-order valence-corrected chi connectivity index (χ4v) is 5.31. The van der Waals surface area contributed by atoms with Gasteiger partial charge in [-0.25, -0.2) is 14.6 Å². The highest BCUT2D eigenvalue weighted by Gasteiger charge is 2.40. The highest BCUT2D eigenvalue weighted by Crippen LogP contribution is 2.34. The van der Waals surface area contributed by atoms with Crippen molar-refractivity contribution < 1.29 is 33.6 Å². The zero-order valence-electron chi connectivity index (χ0n) is 24.6. The second-order valence-corrected chi connectivity index (χ2v) is 10.6. The minimum absolute atomic E-state index is 0.0679. The molecule has 1 aromatic heterocycles. The number of hydrogen-bond acceptors (Lipinski definition) is 13. The quantitative estimate of drug-likeness (QED) is 0.384. The summed E-state index contributed by atoms with van der Waals surface area (Å²) in [4.78, 5) is 39.6. The number of ether oxygens (including phenoxy) is 4. The van der Waals surface area contributed by atoms with Crippen LogP contribution in [-0.4, -0.2) is 86.7 Å². The summed E-state index contributed by atoms with van der Waals surface area (Å²) in [6.45, 7) is 7.86. The molecule has 2 fully saturated rings. The Morgan fingerprint density at radius 2 is 1.45 bits per heavy atom. The molecule has 230 valence electrons. The Bertz CT molecular complexity index is 1510. The van der Waals surface area contributed by atoms with Crippen LogP contribution in [0.5, 0.6) is 0 Å². The van der Waals surface area contributed by atoms with Gasteiger partial charge in [0.05, 0.1) is 32.0 Å². The molecule has 0 spiro atoms. The first-order chi connectivity index (χ1) is 21.3. The molecule has 0 unspecified atom stereocenters. The molecule has 0 bridgehead atoms. The monoisotopic (exact) mass is 602 g/mol. The number of aliphatic hydroxyl groups is 1. The zero-order valence-corrected chi connectivity index (χ0v) is 24.6. The van der Waals surface area contributed by atoms with Crippen LogP contribution < -0.4 is 20.0 Å². The number of carbonyl (C=O) groups excluding carboxylic acids is 2. The molecule has 0 aliphatic carbocycles. The summed E-state index contributed by atoms with van der Waals surface area (Å²) in [6, 6.07) is 13.0. The number of cyclic esters (lactones) is 2. The first-order valence-corrected chi connectivity index (χ1v) is 14.4. The van der Waals surface area contributed by atoms with Crippen LogP contribution in [0, 0.1) is 6.92 Å². The maximum Gasteiger partial charge on any atom is 0.403 e. The van der Waals surface area contributed by atoms with E-state index >= 15 is 0 Å². The lowest BCUT2D eigenvalue weighted by atomic mass is 10.1. The number of nitrogens with one attached hydrogen (secondary N) is 1. The summed E-state index contributed by atoms with van der Waals surface area (Å²) in [5.74, 6) is -3.44. The number of esters is 2. The van der Waals surface area contributed by atoms with Crippen molar-refractivity contribution in [2.45, 2.75) is 12.9 Å². The molecule has 6 rings (SSSR count). The van der Waals surface area contributed by atoms with Gasteiger partial charge >= 0.3 is 17.9 Å². The van der Waals surface area contributed by atoms with Crippen LogP contribution in [-0.2, 0) is 34.5 Å². The Labute approximate surface area is 254 Å². The predicted octanol–water partition coefficient (Wildman–Crippen LogP) is 2.73. The molecule has 4 heterocycles. The van der Waals surface area contributed by atoms with Crippen molar-refractivity contribution in [3.63, 3.8) is 0 Å². The number of hydrogen-bond donors (Lipinski definition) is 2. The van der Waals surface area contributed by atoms with E-state index in [1.807, 2.05) is 14.0 Å². The van der Waals surface area contributed by atoms with E-state index in [0.29, 0.717) is 43.9 Å². The summed E-state index contributed by atoms with van der Waals surface area (Å²) in [5, 5.41) is 14.4. The molecule has 2 saturated heterocycles. The molecule has 0 saturated carbocycles. The van der Waals surface area contributed by atoms with Gasteiger partial charge in [0.1, 0.15) is 5.82 Å². The molecule has 3 aromatic rings. The van der Waals surface area contributed by atoms with Gasteiger partial charge in [-0.1, -0.05) is 6.07 Å². The van der Waals surface area contributed by atoms with E-state index in [-0.39, 0.29) is 5.56 Å². The summed E-state index contributed by atoms with van der Waals surface area (Å²) in [5.41, 5.74) is 4.57. The zero-order chi connectivity index (χ0) is 30.7. The topological polar surface area (TPSA) is 139 Å². The average molecular weight is 603 g/mol. The van der Waals surface area contributed by atoms with E-state index in [2.05, 4.69) is 38.3 Å². The predicted molar refractivity (Wildman–Crippen MR) is 162 cm³/mol. The van der Waals surface area contributed by atoms with Crippen molar-refractivity contribution in [3.8, 4) is 0 Å². The third-order valence-electron chi connectivity index (χ3n) is 7.66. The van der Waals surface area contributed by atoms with Crippen LogP contribution in [0.1, 0.15) is 11.1 Å². The third-order valence-corrected chi connectivity index (χ3v) is 7.66. The number of benzene rings is 2. The number of carbonyl (C=O) groups is 2. The maximum absolute atomic E-state index is 12.0. The molecular weight excluding hydrogens is 568 g/mol. The Kier molecular flexibility index (Phi) is 8.33. The van der Waals surface area contributed by atoms with Crippen molar-refractivity contribution >= 4 is 46.5 Å². The fraction of sp³-hybridized carbons (Fsp3) is 0.355. The van der Waals surface area contributed by atoms with Gasteiger partial charge in [0.2, 0.25) is 5.95 Å². The van der Waals surface area contributed by atoms with Gasteiger partial charge in [0, 0.05) is 74.3 Å². The molecular formula is C31H34N6O7. The SMILES string of the molecule is Cc1ccc(C2(O)OC(=O)C=CC(=O)O2)cc1N(C)c1ccnc(Nc2cc(N3CCOCC3)cc(N3CCOCC3)c2)n1. The van der Waals surface area contributed by atoms with Crippen molar-refractivity contribution in [2.24, 2.45) is 0 Å². The van der Waals surface area contributed by atoms with Crippen molar-refractivity contribution in [2.75, 3.05) is 79.7 Å². The molecule has 2 aromatic carbocycles. The van der Waals surface area contributed by atoms with Gasteiger partial charge in [-0.2, -0.15) is 4.98 Å². The van der Waals surface area contributed by atoms with Crippen molar-refractivity contribution in [3.05, 3.63) is 71.9 Å². The smallest absolute Gasteiger partial charge is 0.391 e. The summed E-state index contributed by atoms with van der Waals surface area (Å²) in [7, 11) is 1.81. The Morgan fingerprint density at radius 3 is 2.05 bits per heavy atom. The molecule has 3 aliphatic heterocycles. The Hall–Kier alpha value is -4.72. The Balaban J connectivity index is 1.27. The molecule has 0 radical (unpaired) electrons. The molecule has 3 aliphatic rings. The van der Waals surface area contributed by atoms with Gasteiger partial charge in [-0.05, 0) is 48.9 Å². The van der Waals surface area contributed by atoms with Crippen LogP contribution in [0.4, 0.5) is 34.5 Å². The van der Waals surface area contributed by atoms with Crippen LogP contribution in [0.15, 0.2) is 60.8 Å². The highest BCUT2D eigenvalue weighted by molar-refractivity contribution is 5.93. The summed E-state index contributed by atoms with van der Waals surface area (Å²) >= 11 is 0. The largest absolute Gasteiger partial charge is 0.403 e. The van der Waals surface area contributed by atoms with Crippen molar-refractivity contribution in [1.29, 1.82) is 0 Å². The summed E-state index contributed by atoms with van der Waals surface area (Å²) in [6.07, 6.45) is 3.46. The minimum atomic E-state index is -2.58. The molecule has 0 amide bonds. The van der Waals surface area contributed by atoms with Gasteiger partial charge in [-0.15, -0.1) is 0 Å². The standard InChI is InChI=1S/C31H34N6O7/c1-21-3-4-22(31(40)43-28(38)5-6-29(39)44-31)17-26(21)35(2)27-7-8-32-30(34-27)33-23-18-24(36-9-13-41-14-10-36)20-25(19-23)37-11-15-42-16-12-37/h3-8,17-20,40H,9-16H2,1-2H3,(H,32,33,34). The van der Waals surface area contributed by atoms with Crippen molar-refractivity contribution in [1.82, 2.24) is 9.97 Å². The van der Waals surface area contributed by atoms with E-state index in [9.17, 15) is 14.7 Å². The number of aromatic nitrogens is 2. The lowest BCUT2D eigenvalue weighted by Gasteiger charge is -2.33. The van der Waals surface area contributed by atoms with E-state index < -0.39 is 17.9 Å². The minimum Gasteiger partial charge on any atom is -0.391 e. The van der Waals surface area contributed by atoms with Crippen LogP contribution in [0.25, 0.3) is 0 Å². The maximum atomic E-state index is 12.0. The molecule has 0 atom stereocenters. The van der Waals surface area contributed by atoms with E-state index in [0.717, 1.165) is 61.0 Å². The van der Waals surface area contributed by atoms with Crippen LogP contribution in [0.3, 0.4) is 0 Å². The van der Waals surface area contributed by atoms with E-state index in [1.54, 1.807) is 29.3 Å².